The lowest BCUT2D eigenvalue weighted by Gasteiger charge is -2.13. The van der Waals surface area contributed by atoms with E-state index in [1.165, 1.54) is 7.11 Å². The van der Waals surface area contributed by atoms with Crippen LogP contribution in [0.25, 0.3) is 0 Å². The van der Waals surface area contributed by atoms with Crippen molar-refractivity contribution in [2.24, 2.45) is 0 Å². The van der Waals surface area contributed by atoms with Crippen LogP contribution in [-0.2, 0) is 9.47 Å². The van der Waals surface area contributed by atoms with Crippen LogP contribution in [0.2, 0.25) is 0 Å². The summed E-state index contributed by atoms with van der Waals surface area (Å²) >= 11 is 0. The molecule has 0 saturated heterocycles. The summed E-state index contributed by atoms with van der Waals surface area (Å²) in [4.78, 5) is 0. The second-order valence-corrected chi connectivity index (χ2v) is 2.90. The van der Waals surface area contributed by atoms with Crippen molar-refractivity contribution in [3.8, 4) is 0 Å². The van der Waals surface area contributed by atoms with Gasteiger partial charge in [0, 0.05) is 13.2 Å². The molecule has 0 aliphatic carbocycles. The second-order valence-electron chi connectivity index (χ2n) is 2.90. The topological polar surface area (TPSA) is 18.5 Å². The van der Waals surface area contributed by atoms with Crippen molar-refractivity contribution in [1.82, 2.24) is 0 Å². The van der Waals surface area contributed by atoms with E-state index in [4.69, 9.17) is 4.74 Å². The van der Waals surface area contributed by atoms with Crippen molar-refractivity contribution in [3.63, 3.8) is 0 Å². The fourth-order valence-electron chi connectivity index (χ4n) is 0.936. The van der Waals surface area contributed by atoms with Gasteiger partial charge in [0.05, 0.1) is 6.10 Å². The Morgan fingerprint density at radius 3 is 2.47 bits per heavy atom. The van der Waals surface area contributed by atoms with Crippen LogP contribution in [-0.4, -0.2) is 26.2 Å². The molecule has 0 aromatic rings. The molecule has 0 aromatic heterocycles. The van der Waals surface area contributed by atoms with Crippen LogP contribution in [0.3, 0.4) is 0 Å². The number of alkyl halides is 3. The highest BCUT2D eigenvalue weighted by Gasteiger charge is 2.21. The molecule has 5 heteroatoms. The Bertz CT molecular complexity index is 199. The van der Waals surface area contributed by atoms with Gasteiger partial charge < -0.3 is 9.47 Å². The van der Waals surface area contributed by atoms with Crippen molar-refractivity contribution in [2.45, 2.75) is 25.1 Å². The van der Waals surface area contributed by atoms with Crippen LogP contribution in [0.4, 0.5) is 13.2 Å². The Balaban J connectivity index is 3.94. The highest BCUT2D eigenvalue weighted by molar-refractivity contribution is 4.91. The molecule has 0 saturated carbocycles. The molecule has 88 valence electrons. The fraction of sp³-hybridized carbons (Fsp3) is 0.600. The Morgan fingerprint density at radius 2 is 2.00 bits per heavy atom. The first-order chi connectivity index (χ1) is 6.99. The van der Waals surface area contributed by atoms with Crippen molar-refractivity contribution < 1.29 is 22.6 Å². The third-order valence-corrected chi connectivity index (χ3v) is 1.56. The highest BCUT2D eigenvalue weighted by atomic mass is 19.4. The first-order valence-corrected chi connectivity index (χ1v) is 4.45. The fourth-order valence-corrected chi connectivity index (χ4v) is 0.936. The smallest absolute Gasteiger partial charge is 0.359 e. The summed E-state index contributed by atoms with van der Waals surface area (Å²) in [7, 11) is 1.45. The quantitative estimate of drug-likeness (QED) is 0.488. The van der Waals surface area contributed by atoms with Gasteiger partial charge in [-0.3, -0.25) is 0 Å². The first kappa shape index (κ1) is 14.2. The molecule has 0 amide bonds. The molecule has 0 N–H and O–H groups in total. The Kier molecular flexibility index (Phi) is 7.07. The lowest BCUT2D eigenvalue weighted by molar-refractivity contribution is -0.0813. The minimum absolute atomic E-state index is 0.0678. The normalized spacial score (nSPS) is 14.4. The zero-order chi connectivity index (χ0) is 11.7. The number of ether oxygens (including phenoxy) is 2. The van der Waals surface area contributed by atoms with Crippen molar-refractivity contribution in [3.05, 3.63) is 24.8 Å². The highest BCUT2D eigenvalue weighted by Crippen LogP contribution is 2.17. The molecular weight excluding hydrogens is 209 g/mol. The van der Waals surface area contributed by atoms with Gasteiger partial charge >= 0.3 is 6.18 Å². The van der Waals surface area contributed by atoms with Gasteiger partial charge in [-0.05, 0) is 12.8 Å². The molecule has 0 spiro atoms. The average molecular weight is 224 g/mol. The maximum atomic E-state index is 11.8. The monoisotopic (exact) mass is 224 g/mol. The third kappa shape index (κ3) is 9.49. The van der Waals surface area contributed by atoms with E-state index in [1.807, 2.05) is 0 Å². The summed E-state index contributed by atoms with van der Waals surface area (Å²) in [6.07, 6.45) is -1.05. The molecule has 0 rings (SSSR count). The molecule has 1 atom stereocenters. The van der Waals surface area contributed by atoms with Gasteiger partial charge in [-0.25, -0.2) is 0 Å². The molecule has 1 unspecified atom stereocenters. The summed E-state index contributed by atoms with van der Waals surface area (Å²) in [6.45, 7) is 3.57. The molecule has 0 aromatic carbocycles. The van der Waals surface area contributed by atoms with Crippen LogP contribution in [0, 0.1) is 0 Å². The number of hydrogen-bond donors (Lipinski definition) is 0. The van der Waals surface area contributed by atoms with Crippen molar-refractivity contribution in [2.75, 3.05) is 13.9 Å². The van der Waals surface area contributed by atoms with E-state index in [0.717, 1.165) is 6.08 Å². The summed E-state index contributed by atoms with van der Waals surface area (Å²) in [5, 5.41) is 0. The van der Waals surface area contributed by atoms with Crippen molar-refractivity contribution >= 4 is 0 Å². The van der Waals surface area contributed by atoms with Crippen LogP contribution in [0.5, 0.6) is 0 Å². The van der Waals surface area contributed by atoms with Gasteiger partial charge in [0.15, 0.2) is 0 Å². The van der Waals surface area contributed by atoms with E-state index >= 15 is 0 Å². The minimum atomic E-state index is -4.26. The number of methoxy groups -OCH3 is 1. The van der Waals surface area contributed by atoms with Gasteiger partial charge in [0.1, 0.15) is 6.79 Å². The lowest BCUT2D eigenvalue weighted by atomic mass is 10.2. The van der Waals surface area contributed by atoms with Gasteiger partial charge in [0.2, 0.25) is 0 Å². The van der Waals surface area contributed by atoms with Crippen molar-refractivity contribution in [1.29, 1.82) is 0 Å². The summed E-state index contributed by atoms with van der Waals surface area (Å²) in [5.74, 6) is 0. The van der Waals surface area contributed by atoms with Gasteiger partial charge in [0.25, 0.3) is 0 Å². The Labute approximate surface area is 87.4 Å². The van der Waals surface area contributed by atoms with E-state index in [-0.39, 0.29) is 25.4 Å². The molecule has 0 bridgehead atoms. The molecular formula is C10H15F3O2. The predicted molar refractivity (Wildman–Crippen MR) is 51.4 cm³/mol. The lowest BCUT2D eigenvalue weighted by Crippen LogP contribution is -2.13. The largest absolute Gasteiger partial charge is 0.409 e. The van der Waals surface area contributed by atoms with Crippen LogP contribution >= 0.6 is 0 Å². The summed E-state index contributed by atoms with van der Waals surface area (Å²) < 4.78 is 45.1. The van der Waals surface area contributed by atoms with E-state index in [1.54, 1.807) is 6.08 Å². The van der Waals surface area contributed by atoms with Gasteiger partial charge in [-0.2, -0.15) is 13.2 Å². The van der Waals surface area contributed by atoms with Crippen LogP contribution in [0.1, 0.15) is 12.8 Å². The maximum absolute atomic E-state index is 11.8. The maximum Gasteiger partial charge on any atom is 0.409 e. The van der Waals surface area contributed by atoms with E-state index in [2.05, 4.69) is 11.3 Å². The predicted octanol–water partition coefficient (Wildman–Crippen LogP) is 3.06. The number of halogens is 3. The van der Waals surface area contributed by atoms with E-state index < -0.39 is 6.18 Å². The third-order valence-electron chi connectivity index (χ3n) is 1.56. The average Bonchev–Trinajstić information content (AvgIpc) is 2.12. The number of rotatable bonds is 7. The summed E-state index contributed by atoms with van der Waals surface area (Å²) in [6, 6.07) is 0. The summed E-state index contributed by atoms with van der Waals surface area (Å²) in [5.41, 5.74) is 0. The molecule has 0 fully saturated rings. The molecule has 0 aliphatic rings. The molecule has 0 heterocycles. The number of allylic oxidation sites excluding steroid dienone is 1. The minimum Gasteiger partial charge on any atom is -0.359 e. The van der Waals surface area contributed by atoms with Crippen LogP contribution < -0.4 is 0 Å². The second kappa shape index (κ2) is 7.48. The molecule has 2 nitrogen and oxygen atoms in total. The molecule has 15 heavy (non-hydrogen) atoms. The Hall–Kier alpha value is -0.810. The molecule has 0 aliphatic heterocycles. The van der Waals surface area contributed by atoms with E-state index in [9.17, 15) is 13.2 Å². The zero-order valence-electron chi connectivity index (χ0n) is 8.59. The Morgan fingerprint density at radius 1 is 1.33 bits per heavy atom. The SMILES string of the molecule is C=CCC(CC=CC(F)(F)F)OCOC. The van der Waals surface area contributed by atoms with E-state index in [0.29, 0.717) is 6.42 Å². The van der Waals surface area contributed by atoms with Gasteiger partial charge in [-0.15, -0.1) is 6.58 Å². The molecule has 0 radical (unpaired) electrons. The zero-order valence-corrected chi connectivity index (χ0v) is 8.59. The van der Waals surface area contributed by atoms with Gasteiger partial charge in [-0.1, -0.05) is 12.2 Å². The van der Waals surface area contributed by atoms with Crippen LogP contribution in [0.15, 0.2) is 24.8 Å². The first-order valence-electron chi connectivity index (χ1n) is 4.45. The number of hydrogen-bond acceptors (Lipinski definition) is 2. The standard InChI is InChI=1S/C10H15F3O2/c1-3-5-9(15-8-14-2)6-4-7-10(11,12)13/h3-4,7,9H,1,5-6,8H2,2H3.